The molecule has 1 fully saturated rings. The molecule has 0 unspecified atom stereocenters. The minimum absolute atomic E-state index is 0.716. The van der Waals surface area contributed by atoms with Gasteiger partial charge in [0.1, 0.15) is 5.75 Å². The normalized spacial score (nSPS) is 16.1. The van der Waals surface area contributed by atoms with Gasteiger partial charge in [0.05, 0.1) is 6.61 Å². The van der Waals surface area contributed by atoms with E-state index in [4.69, 9.17) is 4.74 Å². The standard InChI is InChI=1S/C16H25NO/c1-2-3-12-18-16-11-7-4-8-14(16)13-17-15-9-5-6-10-15/h4,7-8,11,15,17H,2-3,5-6,9-10,12-13H2,1H3. The molecule has 0 aromatic heterocycles. The summed E-state index contributed by atoms with van der Waals surface area (Å²) in [6.45, 7) is 3.96. The highest BCUT2D eigenvalue weighted by Gasteiger charge is 2.14. The summed E-state index contributed by atoms with van der Waals surface area (Å²) in [5, 5.41) is 3.65. The topological polar surface area (TPSA) is 21.3 Å². The van der Waals surface area contributed by atoms with E-state index in [0.717, 1.165) is 25.3 Å². The fraction of sp³-hybridized carbons (Fsp3) is 0.625. The van der Waals surface area contributed by atoms with Gasteiger partial charge in [-0.05, 0) is 25.3 Å². The second-order valence-electron chi connectivity index (χ2n) is 5.17. The van der Waals surface area contributed by atoms with Crippen molar-refractivity contribution in [1.82, 2.24) is 5.32 Å². The third-order valence-corrected chi connectivity index (χ3v) is 3.66. The van der Waals surface area contributed by atoms with Gasteiger partial charge in [0.25, 0.3) is 0 Å². The second kappa shape index (κ2) is 7.42. The molecule has 0 amide bonds. The molecule has 0 saturated heterocycles. The molecule has 0 aliphatic heterocycles. The van der Waals surface area contributed by atoms with Gasteiger partial charge < -0.3 is 10.1 Å². The molecular formula is C16H25NO. The van der Waals surface area contributed by atoms with Crippen LogP contribution in [-0.2, 0) is 6.54 Å². The summed E-state index contributed by atoms with van der Waals surface area (Å²) in [4.78, 5) is 0. The molecule has 0 heterocycles. The number of unbranched alkanes of at least 4 members (excludes halogenated alkanes) is 1. The van der Waals surface area contributed by atoms with Crippen LogP contribution in [0.25, 0.3) is 0 Å². The van der Waals surface area contributed by atoms with E-state index in [0.29, 0.717) is 6.04 Å². The van der Waals surface area contributed by atoms with Crippen molar-refractivity contribution >= 4 is 0 Å². The molecule has 1 aliphatic carbocycles. The van der Waals surface area contributed by atoms with Crippen LogP contribution in [0.1, 0.15) is 51.0 Å². The van der Waals surface area contributed by atoms with Crippen molar-refractivity contribution in [1.29, 1.82) is 0 Å². The predicted molar refractivity (Wildman–Crippen MR) is 75.9 cm³/mol. The number of hydrogen-bond donors (Lipinski definition) is 1. The summed E-state index contributed by atoms with van der Waals surface area (Å²) in [7, 11) is 0. The molecular weight excluding hydrogens is 222 g/mol. The van der Waals surface area contributed by atoms with Gasteiger partial charge in [0, 0.05) is 18.2 Å². The molecule has 0 bridgehead atoms. The highest BCUT2D eigenvalue weighted by molar-refractivity contribution is 5.33. The van der Waals surface area contributed by atoms with E-state index < -0.39 is 0 Å². The Morgan fingerprint density at radius 3 is 2.78 bits per heavy atom. The van der Waals surface area contributed by atoms with Gasteiger partial charge in [0.15, 0.2) is 0 Å². The van der Waals surface area contributed by atoms with E-state index >= 15 is 0 Å². The average Bonchev–Trinajstić information content (AvgIpc) is 2.91. The van der Waals surface area contributed by atoms with Crippen LogP contribution in [0, 0.1) is 0 Å². The number of nitrogens with one attached hydrogen (secondary N) is 1. The fourth-order valence-corrected chi connectivity index (χ4v) is 2.50. The molecule has 0 atom stereocenters. The summed E-state index contributed by atoms with van der Waals surface area (Å²) in [6, 6.07) is 9.12. The Morgan fingerprint density at radius 2 is 2.00 bits per heavy atom. The highest BCUT2D eigenvalue weighted by atomic mass is 16.5. The van der Waals surface area contributed by atoms with Crippen LogP contribution in [0.4, 0.5) is 0 Å². The molecule has 2 rings (SSSR count). The maximum atomic E-state index is 5.85. The molecule has 0 spiro atoms. The van der Waals surface area contributed by atoms with E-state index in [1.165, 1.54) is 37.7 Å². The molecule has 100 valence electrons. The summed E-state index contributed by atoms with van der Waals surface area (Å²) in [5.41, 5.74) is 1.29. The maximum absolute atomic E-state index is 5.85. The maximum Gasteiger partial charge on any atom is 0.123 e. The number of ether oxygens (including phenoxy) is 1. The first-order valence-corrected chi connectivity index (χ1v) is 7.34. The van der Waals surface area contributed by atoms with Crippen LogP contribution in [0.3, 0.4) is 0 Å². The van der Waals surface area contributed by atoms with Crippen LogP contribution in [-0.4, -0.2) is 12.6 Å². The Balaban J connectivity index is 1.85. The quantitative estimate of drug-likeness (QED) is 0.738. The Morgan fingerprint density at radius 1 is 1.22 bits per heavy atom. The van der Waals surface area contributed by atoms with E-state index in [1.807, 2.05) is 0 Å². The van der Waals surface area contributed by atoms with Crippen LogP contribution in [0.2, 0.25) is 0 Å². The van der Waals surface area contributed by atoms with Gasteiger partial charge >= 0.3 is 0 Å². The summed E-state index contributed by atoms with van der Waals surface area (Å²) in [5.74, 6) is 1.05. The lowest BCUT2D eigenvalue weighted by atomic mass is 10.1. The molecule has 0 radical (unpaired) electrons. The van der Waals surface area contributed by atoms with Crippen molar-refractivity contribution in [3.63, 3.8) is 0 Å². The number of hydrogen-bond acceptors (Lipinski definition) is 2. The van der Waals surface area contributed by atoms with Crippen molar-refractivity contribution in [2.45, 2.75) is 58.0 Å². The fourth-order valence-electron chi connectivity index (χ4n) is 2.50. The predicted octanol–water partition coefficient (Wildman–Crippen LogP) is 3.90. The van der Waals surface area contributed by atoms with E-state index in [2.05, 4.69) is 36.5 Å². The Bertz CT molecular complexity index is 345. The first kappa shape index (κ1) is 13.4. The van der Waals surface area contributed by atoms with Crippen LogP contribution in [0.15, 0.2) is 24.3 Å². The van der Waals surface area contributed by atoms with Gasteiger partial charge in [0.2, 0.25) is 0 Å². The third kappa shape index (κ3) is 4.02. The first-order valence-electron chi connectivity index (χ1n) is 7.34. The summed E-state index contributed by atoms with van der Waals surface area (Å²) >= 11 is 0. The lowest BCUT2D eigenvalue weighted by molar-refractivity contribution is 0.305. The average molecular weight is 247 g/mol. The zero-order chi connectivity index (χ0) is 12.6. The monoisotopic (exact) mass is 247 g/mol. The minimum atomic E-state index is 0.716. The van der Waals surface area contributed by atoms with Gasteiger partial charge in [-0.15, -0.1) is 0 Å². The SMILES string of the molecule is CCCCOc1ccccc1CNC1CCCC1. The molecule has 1 aromatic rings. The van der Waals surface area contributed by atoms with Gasteiger partial charge in [-0.25, -0.2) is 0 Å². The van der Waals surface area contributed by atoms with Crippen molar-refractivity contribution < 1.29 is 4.74 Å². The highest BCUT2D eigenvalue weighted by Crippen LogP contribution is 2.21. The van der Waals surface area contributed by atoms with E-state index in [9.17, 15) is 0 Å². The lowest BCUT2D eigenvalue weighted by Crippen LogP contribution is -2.25. The molecule has 1 saturated carbocycles. The summed E-state index contributed by atoms with van der Waals surface area (Å²) in [6.07, 6.45) is 7.74. The largest absolute Gasteiger partial charge is 0.493 e. The Kier molecular flexibility index (Phi) is 5.53. The second-order valence-corrected chi connectivity index (χ2v) is 5.17. The number of rotatable bonds is 7. The van der Waals surface area contributed by atoms with Crippen molar-refractivity contribution in [3.8, 4) is 5.75 Å². The Hall–Kier alpha value is -1.02. The summed E-state index contributed by atoms with van der Waals surface area (Å²) < 4.78 is 5.85. The van der Waals surface area contributed by atoms with Gasteiger partial charge in [-0.3, -0.25) is 0 Å². The van der Waals surface area contributed by atoms with Gasteiger partial charge in [-0.1, -0.05) is 44.4 Å². The Labute approximate surface area is 111 Å². The van der Waals surface area contributed by atoms with E-state index in [-0.39, 0.29) is 0 Å². The van der Waals surface area contributed by atoms with Crippen molar-refractivity contribution in [2.75, 3.05) is 6.61 Å². The third-order valence-electron chi connectivity index (χ3n) is 3.66. The zero-order valence-corrected chi connectivity index (χ0v) is 11.5. The van der Waals surface area contributed by atoms with Crippen LogP contribution in [0.5, 0.6) is 5.75 Å². The van der Waals surface area contributed by atoms with Crippen LogP contribution >= 0.6 is 0 Å². The smallest absolute Gasteiger partial charge is 0.123 e. The van der Waals surface area contributed by atoms with Crippen molar-refractivity contribution in [2.24, 2.45) is 0 Å². The first-order chi connectivity index (χ1) is 8.90. The lowest BCUT2D eigenvalue weighted by Gasteiger charge is -2.15. The minimum Gasteiger partial charge on any atom is -0.493 e. The molecule has 2 nitrogen and oxygen atoms in total. The van der Waals surface area contributed by atoms with Gasteiger partial charge in [-0.2, -0.15) is 0 Å². The van der Waals surface area contributed by atoms with Crippen LogP contribution < -0.4 is 10.1 Å². The molecule has 1 aliphatic rings. The van der Waals surface area contributed by atoms with Crippen molar-refractivity contribution in [3.05, 3.63) is 29.8 Å². The molecule has 2 heteroatoms. The number of benzene rings is 1. The van der Waals surface area contributed by atoms with E-state index in [1.54, 1.807) is 0 Å². The molecule has 1 N–H and O–H groups in total. The number of para-hydroxylation sites is 1. The molecule has 18 heavy (non-hydrogen) atoms. The molecule has 1 aromatic carbocycles. The zero-order valence-electron chi connectivity index (χ0n) is 11.5.